The van der Waals surface area contributed by atoms with E-state index in [1.165, 1.54) is 11.1 Å². The summed E-state index contributed by atoms with van der Waals surface area (Å²) >= 11 is 0. The first-order chi connectivity index (χ1) is 14.3. The lowest BCUT2D eigenvalue weighted by Gasteiger charge is -2.36. The third-order valence-electron chi connectivity index (χ3n) is 5.74. The molecule has 0 aliphatic carbocycles. The minimum absolute atomic E-state index is 0.225. The molecule has 2 aliphatic rings. The third-order valence-corrected chi connectivity index (χ3v) is 5.74. The van der Waals surface area contributed by atoms with Gasteiger partial charge in [0.25, 0.3) is 0 Å². The first kappa shape index (κ1) is 19.7. The number of hydrogen-bond donors (Lipinski definition) is 1. The maximum absolute atomic E-state index is 6.11. The Morgan fingerprint density at radius 1 is 1.14 bits per heavy atom. The van der Waals surface area contributed by atoms with Crippen LogP contribution in [0.15, 0.2) is 59.6 Å². The Kier molecular flexibility index (Phi) is 6.32. The van der Waals surface area contributed by atoms with E-state index in [2.05, 4.69) is 62.6 Å². The highest BCUT2D eigenvalue weighted by atomic mass is 16.5. The number of likely N-dealkylation sites (tertiary alicyclic amines) is 1. The summed E-state index contributed by atoms with van der Waals surface area (Å²) in [5, 5.41) is 3.50. The average Bonchev–Trinajstić information content (AvgIpc) is 3.20. The molecular weight excluding hydrogens is 364 g/mol. The predicted octanol–water partition coefficient (Wildman–Crippen LogP) is 2.36. The van der Waals surface area contributed by atoms with Crippen molar-refractivity contribution in [3.8, 4) is 5.75 Å². The zero-order valence-corrected chi connectivity index (χ0v) is 17.3. The van der Waals surface area contributed by atoms with E-state index in [1.54, 1.807) is 7.11 Å². The largest absolute Gasteiger partial charge is 0.497 e. The van der Waals surface area contributed by atoms with Crippen LogP contribution in [0.25, 0.3) is 0 Å². The van der Waals surface area contributed by atoms with Gasteiger partial charge in [-0.05, 0) is 23.3 Å². The molecule has 2 aliphatic heterocycles. The van der Waals surface area contributed by atoms with Gasteiger partial charge in [0, 0.05) is 39.8 Å². The second-order valence-electron chi connectivity index (χ2n) is 7.59. The molecule has 2 unspecified atom stereocenters. The molecule has 1 N–H and O–H groups in total. The van der Waals surface area contributed by atoms with Crippen LogP contribution in [0.2, 0.25) is 0 Å². The van der Waals surface area contributed by atoms with E-state index in [0.29, 0.717) is 12.6 Å². The van der Waals surface area contributed by atoms with E-state index in [4.69, 9.17) is 9.47 Å². The first-order valence-corrected chi connectivity index (χ1v) is 10.2. The molecule has 6 nitrogen and oxygen atoms in total. The van der Waals surface area contributed by atoms with Crippen LogP contribution in [0.5, 0.6) is 5.75 Å². The van der Waals surface area contributed by atoms with Crippen molar-refractivity contribution in [1.29, 1.82) is 0 Å². The van der Waals surface area contributed by atoms with Crippen LogP contribution in [0.1, 0.15) is 11.1 Å². The average molecular weight is 395 g/mol. The van der Waals surface area contributed by atoms with Gasteiger partial charge in [-0.1, -0.05) is 42.5 Å². The summed E-state index contributed by atoms with van der Waals surface area (Å²) in [4.78, 5) is 9.39. The monoisotopic (exact) mass is 394 g/mol. The van der Waals surface area contributed by atoms with Gasteiger partial charge in [-0.2, -0.15) is 0 Å². The molecule has 0 spiro atoms. The number of fused-ring (bicyclic) bond motifs is 1. The van der Waals surface area contributed by atoms with Crippen molar-refractivity contribution < 1.29 is 9.47 Å². The number of aliphatic imine (C=N–C) groups is 1. The number of hydrogen-bond acceptors (Lipinski definition) is 4. The van der Waals surface area contributed by atoms with Crippen LogP contribution in [-0.2, 0) is 17.8 Å². The quantitative estimate of drug-likeness (QED) is 0.623. The van der Waals surface area contributed by atoms with Gasteiger partial charge in [-0.3, -0.25) is 9.89 Å². The van der Waals surface area contributed by atoms with Crippen molar-refractivity contribution in [2.45, 2.75) is 25.2 Å². The van der Waals surface area contributed by atoms with Gasteiger partial charge < -0.3 is 19.7 Å². The molecule has 2 aromatic carbocycles. The van der Waals surface area contributed by atoms with Gasteiger partial charge in [0.1, 0.15) is 5.75 Å². The molecule has 29 heavy (non-hydrogen) atoms. The molecule has 0 aromatic heterocycles. The standard InChI is InChI=1S/C23H30N4O2/c1-24-23(25-14-19-9-6-10-20(13-19)28-2)27-16-21-22(17-27)29-12-11-26(21)15-18-7-4-3-5-8-18/h3-10,13,21-22H,11-12,14-17H2,1-2H3,(H,24,25). The minimum Gasteiger partial charge on any atom is -0.497 e. The zero-order valence-electron chi connectivity index (χ0n) is 17.3. The van der Waals surface area contributed by atoms with E-state index in [0.717, 1.165) is 44.5 Å². The van der Waals surface area contributed by atoms with Gasteiger partial charge in [-0.15, -0.1) is 0 Å². The number of methoxy groups -OCH3 is 1. The summed E-state index contributed by atoms with van der Waals surface area (Å²) in [5.41, 5.74) is 2.52. The van der Waals surface area contributed by atoms with Crippen molar-refractivity contribution in [2.75, 3.05) is 40.4 Å². The molecule has 0 radical (unpaired) electrons. The number of nitrogens with one attached hydrogen (secondary N) is 1. The molecule has 6 heteroatoms. The maximum atomic E-state index is 6.11. The molecule has 0 bridgehead atoms. The highest BCUT2D eigenvalue weighted by molar-refractivity contribution is 5.80. The minimum atomic E-state index is 0.225. The fourth-order valence-electron chi connectivity index (χ4n) is 4.24. The maximum Gasteiger partial charge on any atom is 0.194 e. The van der Waals surface area contributed by atoms with Gasteiger partial charge in [0.2, 0.25) is 0 Å². The van der Waals surface area contributed by atoms with Crippen molar-refractivity contribution in [1.82, 2.24) is 15.1 Å². The number of guanidine groups is 1. The lowest BCUT2D eigenvalue weighted by Crippen LogP contribution is -2.50. The Morgan fingerprint density at radius 2 is 1.97 bits per heavy atom. The Morgan fingerprint density at radius 3 is 2.76 bits per heavy atom. The van der Waals surface area contributed by atoms with E-state index < -0.39 is 0 Å². The molecule has 0 saturated carbocycles. The number of ether oxygens (including phenoxy) is 2. The lowest BCUT2D eigenvalue weighted by atomic mass is 10.1. The first-order valence-electron chi connectivity index (χ1n) is 10.2. The van der Waals surface area contributed by atoms with Gasteiger partial charge in [0.05, 0.1) is 25.9 Å². The van der Waals surface area contributed by atoms with Crippen LogP contribution in [0, 0.1) is 0 Å². The van der Waals surface area contributed by atoms with Crippen molar-refractivity contribution in [3.63, 3.8) is 0 Å². The topological polar surface area (TPSA) is 49.3 Å². The Balaban J connectivity index is 1.38. The SMILES string of the molecule is CN=C(NCc1cccc(OC)c1)N1CC2OCCN(Cc3ccccc3)C2C1. The lowest BCUT2D eigenvalue weighted by molar-refractivity contribution is -0.0502. The number of morpholine rings is 1. The Hall–Kier alpha value is -2.57. The Bertz CT molecular complexity index is 827. The summed E-state index contributed by atoms with van der Waals surface area (Å²) in [7, 11) is 3.54. The molecule has 2 heterocycles. The molecule has 2 aromatic rings. The summed E-state index contributed by atoms with van der Waals surface area (Å²) < 4.78 is 11.4. The number of nitrogens with zero attached hydrogens (tertiary/aromatic N) is 3. The summed E-state index contributed by atoms with van der Waals surface area (Å²) in [6.45, 7) is 5.24. The van der Waals surface area contributed by atoms with Crippen molar-refractivity contribution in [3.05, 3.63) is 65.7 Å². The predicted molar refractivity (Wildman–Crippen MR) is 115 cm³/mol. The summed E-state index contributed by atoms with van der Waals surface area (Å²) in [6.07, 6.45) is 0.225. The molecule has 2 saturated heterocycles. The fourth-order valence-corrected chi connectivity index (χ4v) is 4.24. The van der Waals surface area contributed by atoms with Gasteiger partial charge in [-0.25, -0.2) is 0 Å². The number of benzene rings is 2. The smallest absolute Gasteiger partial charge is 0.194 e. The molecule has 154 valence electrons. The molecule has 4 rings (SSSR count). The molecular formula is C23H30N4O2. The number of rotatable bonds is 5. The Labute approximate surface area is 173 Å². The normalized spacial score (nSPS) is 22.4. The van der Waals surface area contributed by atoms with Crippen molar-refractivity contribution >= 4 is 5.96 Å². The zero-order chi connectivity index (χ0) is 20.1. The third kappa shape index (κ3) is 4.71. The second-order valence-corrected chi connectivity index (χ2v) is 7.59. The van der Waals surface area contributed by atoms with Crippen LogP contribution >= 0.6 is 0 Å². The van der Waals surface area contributed by atoms with Gasteiger partial charge in [0.15, 0.2) is 5.96 Å². The highest BCUT2D eigenvalue weighted by Crippen LogP contribution is 2.24. The molecule has 2 fully saturated rings. The van der Waals surface area contributed by atoms with Crippen LogP contribution < -0.4 is 10.1 Å². The second kappa shape index (κ2) is 9.29. The molecule has 2 atom stereocenters. The summed E-state index contributed by atoms with van der Waals surface area (Å²) in [5.74, 6) is 1.79. The highest BCUT2D eigenvalue weighted by Gasteiger charge is 2.41. The van der Waals surface area contributed by atoms with Crippen molar-refractivity contribution in [2.24, 2.45) is 4.99 Å². The van der Waals surface area contributed by atoms with E-state index in [1.807, 2.05) is 19.2 Å². The van der Waals surface area contributed by atoms with E-state index in [-0.39, 0.29) is 6.10 Å². The van der Waals surface area contributed by atoms with Gasteiger partial charge >= 0.3 is 0 Å². The van der Waals surface area contributed by atoms with Crippen LogP contribution in [0.3, 0.4) is 0 Å². The summed E-state index contributed by atoms with van der Waals surface area (Å²) in [6, 6.07) is 19.2. The molecule has 0 amide bonds. The fraction of sp³-hybridized carbons (Fsp3) is 0.435. The van der Waals surface area contributed by atoms with Crippen LogP contribution in [0.4, 0.5) is 0 Å². The van der Waals surface area contributed by atoms with Crippen LogP contribution in [-0.4, -0.2) is 68.3 Å². The van der Waals surface area contributed by atoms with E-state index in [9.17, 15) is 0 Å². The van der Waals surface area contributed by atoms with E-state index >= 15 is 0 Å².